The Hall–Kier alpha value is -2.15. The van der Waals surface area contributed by atoms with Crippen molar-refractivity contribution < 1.29 is 18.7 Å². The summed E-state index contributed by atoms with van der Waals surface area (Å²) in [6.07, 6.45) is -0.283. The molecule has 7 heteroatoms. The van der Waals surface area contributed by atoms with E-state index in [4.69, 9.17) is 4.74 Å². The fourth-order valence-electron chi connectivity index (χ4n) is 3.14. The van der Waals surface area contributed by atoms with Crippen LogP contribution >= 0.6 is 0 Å². The normalized spacial score (nSPS) is 16.3. The fourth-order valence-corrected chi connectivity index (χ4v) is 3.14. The van der Waals surface area contributed by atoms with Crippen LogP contribution in [-0.4, -0.2) is 61.1 Å². The number of benzene rings is 1. The van der Waals surface area contributed by atoms with E-state index in [1.54, 1.807) is 17.0 Å². The monoisotopic (exact) mass is 393 g/mol. The average Bonchev–Trinajstić information content (AvgIpc) is 2.65. The summed E-state index contributed by atoms with van der Waals surface area (Å²) < 4.78 is 18.4. The van der Waals surface area contributed by atoms with Crippen LogP contribution < -0.4 is 5.32 Å². The van der Waals surface area contributed by atoms with E-state index in [-0.39, 0.29) is 36.3 Å². The molecular weight excluding hydrogens is 361 g/mol. The van der Waals surface area contributed by atoms with Gasteiger partial charge in [0, 0.05) is 26.2 Å². The lowest BCUT2D eigenvalue weighted by atomic mass is 9.96. The average molecular weight is 394 g/mol. The lowest BCUT2D eigenvalue weighted by Gasteiger charge is -2.34. The molecule has 0 saturated carbocycles. The molecule has 1 aromatic rings. The zero-order valence-electron chi connectivity index (χ0n) is 17.3. The maximum absolute atomic E-state index is 13.2. The quantitative estimate of drug-likeness (QED) is 0.773. The second kappa shape index (κ2) is 10.4. The number of rotatable bonds is 7. The lowest BCUT2D eigenvalue weighted by Crippen LogP contribution is -2.51. The van der Waals surface area contributed by atoms with Crippen LogP contribution in [-0.2, 0) is 9.53 Å². The molecule has 0 radical (unpaired) electrons. The van der Waals surface area contributed by atoms with Gasteiger partial charge < -0.3 is 15.0 Å². The molecule has 6 nitrogen and oxygen atoms in total. The molecule has 1 aliphatic heterocycles. The lowest BCUT2D eigenvalue weighted by molar-refractivity contribution is -0.123. The molecule has 0 spiro atoms. The molecule has 1 atom stereocenters. The highest BCUT2D eigenvalue weighted by Crippen LogP contribution is 2.22. The van der Waals surface area contributed by atoms with Gasteiger partial charge in [0.2, 0.25) is 5.91 Å². The zero-order valence-corrected chi connectivity index (χ0v) is 17.3. The van der Waals surface area contributed by atoms with E-state index in [2.05, 4.69) is 5.32 Å². The molecule has 1 fully saturated rings. The first kappa shape index (κ1) is 22.1. The molecule has 1 unspecified atom stereocenters. The highest BCUT2D eigenvalue weighted by Gasteiger charge is 2.25. The van der Waals surface area contributed by atoms with Crippen LogP contribution in [0.4, 0.5) is 9.18 Å². The van der Waals surface area contributed by atoms with Gasteiger partial charge >= 0.3 is 6.09 Å². The molecule has 0 aliphatic carbocycles. The van der Waals surface area contributed by atoms with Crippen molar-refractivity contribution in [1.29, 1.82) is 0 Å². The van der Waals surface area contributed by atoms with E-state index in [0.29, 0.717) is 38.7 Å². The number of hydrogen-bond donors (Lipinski definition) is 1. The van der Waals surface area contributed by atoms with Crippen molar-refractivity contribution in [1.82, 2.24) is 15.1 Å². The number of carbonyl (C=O) groups excluding carboxylic acids is 2. The molecule has 28 heavy (non-hydrogen) atoms. The second-order valence-corrected chi connectivity index (χ2v) is 8.07. The van der Waals surface area contributed by atoms with Gasteiger partial charge in [-0.1, -0.05) is 39.8 Å². The van der Waals surface area contributed by atoms with Gasteiger partial charge in [-0.3, -0.25) is 9.69 Å². The van der Waals surface area contributed by atoms with Gasteiger partial charge in [0.15, 0.2) is 0 Å². The summed E-state index contributed by atoms with van der Waals surface area (Å²) in [6, 6.07) is 6.08. The Morgan fingerprint density at radius 1 is 1.07 bits per heavy atom. The van der Waals surface area contributed by atoms with E-state index in [9.17, 15) is 14.0 Å². The van der Waals surface area contributed by atoms with Gasteiger partial charge in [-0.05, 0) is 29.5 Å². The van der Waals surface area contributed by atoms with Crippen molar-refractivity contribution in [3.05, 3.63) is 35.6 Å². The summed E-state index contributed by atoms with van der Waals surface area (Å²) in [5.41, 5.74) is 0.891. The molecule has 0 bridgehead atoms. The van der Waals surface area contributed by atoms with Crippen molar-refractivity contribution in [3.63, 3.8) is 0 Å². The van der Waals surface area contributed by atoms with Gasteiger partial charge in [-0.15, -0.1) is 0 Å². The Morgan fingerprint density at radius 2 is 1.68 bits per heavy atom. The van der Waals surface area contributed by atoms with E-state index >= 15 is 0 Å². The smallest absolute Gasteiger partial charge is 0.409 e. The van der Waals surface area contributed by atoms with Crippen LogP contribution in [0.25, 0.3) is 0 Å². The Bertz CT molecular complexity index is 641. The Kier molecular flexibility index (Phi) is 8.23. The fraction of sp³-hybridized carbons (Fsp3) is 0.619. The summed E-state index contributed by atoms with van der Waals surface area (Å²) in [6.45, 7) is 11.1. The largest absolute Gasteiger partial charge is 0.449 e. The van der Waals surface area contributed by atoms with E-state index < -0.39 is 0 Å². The molecular formula is C21H32FN3O3. The Labute approximate surface area is 167 Å². The van der Waals surface area contributed by atoms with Gasteiger partial charge in [0.1, 0.15) is 5.82 Å². The van der Waals surface area contributed by atoms with E-state index in [1.165, 1.54) is 12.1 Å². The van der Waals surface area contributed by atoms with Crippen molar-refractivity contribution in [2.45, 2.75) is 33.7 Å². The minimum atomic E-state index is -0.289. The maximum atomic E-state index is 13.2. The Morgan fingerprint density at radius 3 is 2.21 bits per heavy atom. The summed E-state index contributed by atoms with van der Waals surface area (Å²) in [4.78, 5) is 28.3. The SMILES string of the molecule is CC(C)COC(=O)N1CCN(CC(=O)NC(c2ccc(F)cc2)C(C)C)CC1. The second-order valence-electron chi connectivity index (χ2n) is 8.07. The standard InChI is InChI=1S/C21H32FN3O3/c1-15(2)14-28-21(27)25-11-9-24(10-12-25)13-19(26)23-20(16(3)4)17-5-7-18(22)8-6-17/h5-8,15-16,20H,9-14H2,1-4H3,(H,23,26). The van der Waals surface area contributed by atoms with Gasteiger partial charge in [-0.2, -0.15) is 0 Å². The highest BCUT2D eigenvalue weighted by molar-refractivity contribution is 5.78. The first-order valence-electron chi connectivity index (χ1n) is 9.95. The van der Waals surface area contributed by atoms with Gasteiger partial charge in [-0.25, -0.2) is 9.18 Å². The number of nitrogens with one attached hydrogen (secondary N) is 1. The summed E-state index contributed by atoms with van der Waals surface area (Å²) in [5, 5.41) is 3.06. The van der Waals surface area contributed by atoms with Gasteiger partial charge in [0.25, 0.3) is 0 Å². The zero-order chi connectivity index (χ0) is 20.7. The topological polar surface area (TPSA) is 61.9 Å². The van der Waals surface area contributed by atoms with Gasteiger partial charge in [0.05, 0.1) is 19.2 Å². The third kappa shape index (κ3) is 6.78. The molecule has 2 amide bonds. The number of ether oxygens (including phenoxy) is 1. The van der Waals surface area contributed by atoms with Crippen LogP contribution in [0.5, 0.6) is 0 Å². The van der Waals surface area contributed by atoms with Crippen LogP contribution in [0, 0.1) is 17.7 Å². The molecule has 156 valence electrons. The number of halogens is 1. The number of carbonyl (C=O) groups is 2. The van der Waals surface area contributed by atoms with Crippen LogP contribution in [0.3, 0.4) is 0 Å². The third-order valence-corrected chi connectivity index (χ3v) is 4.75. The van der Waals surface area contributed by atoms with E-state index in [0.717, 1.165) is 5.56 Å². The van der Waals surface area contributed by atoms with Crippen molar-refractivity contribution in [2.24, 2.45) is 11.8 Å². The molecule has 0 aromatic heterocycles. The van der Waals surface area contributed by atoms with Crippen LogP contribution in [0.1, 0.15) is 39.3 Å². The minimum Gasteiger partial charge on any atom is -0.449 e. The predicted octanol–water partition coefficient (Wildman–Crippen LogP) is 3.05. The summed E-state index contributed by atoms with van der Waals surface area (Å²) in [7, 11) is 0. The predicted molar refractivity (Wildman–Crippen MR) is 106 cm³/mol. The molecule has 1 aromatic carbocycles. The van der Waals surface area contributed by atoms with Crippen LogP contribution in [0.2, 0.25) is 0 Å². The molecule has 2 rings (SSSR count). The number of amides is 2. The molecule has 1 aliphatic rings. The maximum Gasteiger partial charge on any atom is 0.409 e. The van der Waals surface area contributed by atoms with E-state index in [1.807, 2.05) is 32.6 Å². The van der Waals surface area contributed by atoms with Crippen molar-refractivity contribution >= 4 is 12.0 Å². The Balaban J connectivity index is 1.81. The van der Waals surface area contributed by atoms with Crippen molar-refractivity contribution in [3.8, 4) is 0 Å². The first-order chi connectivity index (χ1) is 13.3. The van der Waals surface area contributed by atoms with Crippen LogP contribution in [0.15, 0.2) is 24.3 Å². The molecule has 1 saturated heterocycles. The molecule has 1 N–H and O–H groups in total. The highest BCUT2D eigenvalue weighted by atomic mass is 19.1. The van der Waals surface area contributed by atoms with Crippen molar-refractivity contribution in [2.75, 3.05) is 39.3 Å². The third-order valence-electron chi connectivity index (χ3n) is 4.75. The summed E-state index contributed by atoms with van der Waals surface area (Å²) >= 11 is 0. The summed E-state index contributed by atoms with van der Waals surface area (Å²) in [5.74, 6) is 0.132. The number of hydrogen-bond acceptors (Lipinski definition) is 4. The molecule has 1 heterocycles. The number of piperazine rings is 1. The minimum absolute atomic E-state index is 0.0705. The number of nitrogens with zero attached hydrogens (tertiary/aromatic N) is 2. The first-order valence-corrected chi connectivity index (χ1v) is 9.95.